The third-order valence-electron chi connectivity index (χ3n) is 5.56. The molecule has 0 radical (unpaired) electrons. The van der Waals surface area contributed by atoms with Crippen LogP contribution in [0.15, 0.2) is 18.2 Å². The lowest BCUT2D eigenvalue weighted by Gasteiger charge is -2.34. The van der Waals surface area contributed by atoms with Crippen molar-refractivity contribution >= 4 is 17.7 Å². The van der Waals surface area contributed by atoms with Gasteiger partial charge in [-0.1, -0.05) is 12.1 Å². The second-order valence-corrected chi connectivity index (χ2v) is 7.07. The minimum atomic E-state index is -0.571. The van der Waals surface area contributed by atoms with E-state index in [9.17, 15) is 14.4 Å². The summed E-state index contributed by atoms with van der Waals surface area (Å²) < 4.78 is 0. The fourth-order valence-corrected chi connectivity index (χ4v) is 3.84. The zero-order valence-electron chi connectivity index (χ0n) is 14.0. The fraction of sp³-hybridized carbons (Fsp3) is 0.500. The van der Waals surface area contributed by atoms with Crippen molar-refractivity contribution in [1.82, 2.24) is 15.5 Å². The highest BCUT2D eigenvalue weighted by atomic mass is 16.2. The number of fused-ring (bicyclic) bond motifs is 1. The number of piperidine rings is 1. The minimum Gasteiger partial charge on any atom is -0.326 e. The molecule has 3 amide bonds. The van der Waals surface area contributed by atoms with Crippen molar-refractivity contribution in [2.75, 3.05) is 0 Å². The van der Waals surface area contributed by atoms with Gasteiger partial charge in [0, 0.05) is 37.2 Å². The van der Waals surface area contributed by atoms with Gasteiger partial charge in [0.25, 0.3) is 5.91 Å². The van der Waals surface area contributed by atoms with Crippen LogP contribution in [0.1, 0.15) is 47.2 Å². The molecule has 3 atom stereocenters. The topological polar surface area (TPSA) is 105 Å². The van der Waals surface area contributed by atoms with Crippen molar-refractivity contribution in [3.05, 3.63) is 34.9 Å². The summed E-state index contributed by atoms with van der Waals surface area (Å²) in [5, 5.41) is 5.79. The van der Waals surface area contributed by atoms with Crippen LogP contribution in [0, 0.1) is 0 Å². The summed E-state index contributed by atoms with van der Waals surface area (Å²) in [5.41, 5.74) is 8.66. The van der Waals surface area contributed by atoms with Crippen molar-refractivity contribution in [1.29, 1.82) is 0 Å². The van der Waals surface area contributed by atoms with E-state index in [1.807, 2.05) is 18.2 Å². The average molecular weight is 342 g/mol. The van der Waals surface area contributed by atoms with Crippen molar-refractivity contribution < 1.29 is 14.4 Å². The van der Waals surface area contributed by atoms with Crippen LogP contribution in [0.4, 0.5) is 0 Å². The molecular weight excluding hydrogens is 320 g/mol. The van der Waals surface area contributed by atoms with Gasteiger partial charge in [-0.15, -0.1) is 0 Å². The number of carbonyl (C=O) groups is 3. The van der Waals surface area contributed by atoms with Crippen molar-refractivity contribution in [2.24, 2.45) is 5.73 Å². The number of hydrogen-bond donors (Lipinski definition) is 3. The van der Waals surface area contributed by atoms with E-state index in [-0.39, 0.29) is 30.2 Å². The summed E-state index contributed by atoms with van der Waals surface area (Å²) in [4.78, 5) is 37.8. The number of imide groups is 1. The first-order valence-electron chi connectivity index (χ1n) is 8.79. The second kappa shape index (κ2) is 6.24. The number of hydrogen-bond acceptors (Lipinski definition) is 5. The normalized spacial score (nSPS) is 28.6. The Kier molecular flexibility index (Phi) is 4.05. The molecule has 4 N–H and O–H groups in total. The summed E-state index contributed by atoms with van der Waals surface area (Å²) >= 11 is 0. The van der Waals surface area contributed by atoms with Crippen molar-refractivity contribution in [3.8, 4) is 0 Å². The van der Waals surface area contributed by atoms with E-state index in [2.05, 4.69) is 10.6 Å². The van der Waals surface area contributed by atoms with Crippen LogP contribution in [0.2, 0.25) is 0 Å². The number of rotatable bonds is 4. The molecule has 3 unspecified atom stereocenters. The number of nitrogens with two attached hydrogens (primary N) is 1. The quantitative estimate of drug-likeness (QED) is 0.670. The molecule has 2 heterocycles. The third-order valence-corrected chi connectivity index (χ3v) is 5.56. The number of benzene rings is 1. The number of nitrogens with zero attached hydrogens (tertiary/aromatic N) is 1. The first kappa shape index (κ1) is 16.2. The van der Waals surface area contributed by atoms with Gasteiger partial charge in [-0.2, -0.15) is 0 Å². The van der Waals surface area contributed by atoms with Crippen LogP contribution in [0.5, 0.6) is 0 Å². The van der Waals surface area contributed by atoms with Gasteiger partial charge in [0.15, 0.2) is 0 Å². The van der Waals surface area contributed by atoms with E-state index >= 15 is 0 Å². The van der Waals surface area contributed by atoms with Gasteiger partial charge in [-0.05, 0) is 36.5 Å². The largest absolute Gasteiger partial charge is 0.326 e. The molecule has 1 saturated carbocycles. The molecule has 1 saturated heterocycles. The first-order valence-corrected chi connectivity index (χ1v) is 8.79. The SMILES string of the molecule is NC1CCC1NCc1cccc2c1CN(C1CCC(=O)NC1=O)C2=O. The highest BCUT2D eigenvalue weighted by Crippen LogP contribution is 2.30. The highest BCUT2D eigenvalue weighted by molar-refractivity contribution is 6.05. The number of nitrogens with one attached hydrogen (secondary N) is 2. The molecular formula is C18H22N4O3. The van der Waals surface area contributed by atoms with Gasteiger partial charge in [0.1, 0.15) is 6.04 Å². The van der Waals surface area contributed by atoms with Crippen LogP contribution in [0.3, 0.4) is 0 Å². The summed E-state index contributed by atoms with van der Waals surface area (Å²) in [7, 11) is 0. The van der Waals surface area contributed by atoms with Crippen molar-refractivity contribution in [2.45, 2.75) is 56.9 Å². The van der Waals surface area contributed by atoms with Gasteiger partial charge in [0.2, 0.25) is 11.8 Å². The monoisotopic (exact) mass is 342 g/mol. The summed E-state index contributed by atoms with van der Waals surface area (Å²) in [5.74, 6) is -0.781. The molecule has 7 heteroatoms. The summed E-state index contributed by atoms with van der Waals surface area (Å²) in [6.45, 7) is 1.08. The third kappa shape index (κ3) is 2.83. The summed E-state index contributed by atoms with van der Waals surface area (Å²) in [6.07, 6.45) is 2.78. The molecule has 0 bridgehead atoms. The van der Waals surface area contributed by atoms with Crippen LogP contribution >= 0.6 is 0 Å². The molecule has 1 aliphatic carbocycles. The Bertz CT molecular complexity index is 748. The lowest BCUT2D eigenvalue weighted by atomic mass is 9.87. The molecule has 1 aromatic rings. The van der Waals surface area contributed by atoms with Crippen LogP contribution < -0.4 is 16.4 Å². The average Bonchev–Trinajstić information content (AvgIpc) is 2.91. The van der Waals surface area contributed by atoms with E-state index in [1.165, 1.54) is 0 Å². The Hall–Kier alpha value is -2.25. The molecule has 2 fully saturated rings. The lowest BCUT2D eigenvalue weighted by Crippen LogP contribution is -2.52. The minimum absolute atomic E-state index is 0.133. The van der Waals surface area contributed by atoms with Gasteiger partial charge in [0.05, 0.1) is 0 Å². The highest BCUT2D eigenvalue weighted by Gasteiger charge is 2.39. The Labute approximate surface area is 145 Å². The van der Waals surface area contributed by atoms with E-state index in [1.54, 1.807) is 4.90 Å². The summed E-state index contributed by atoms with van der Waals surface area (Å²) in [6, 6.07) is 5.66. The Morgan fingerprint density at radius 3 is 2.72 bits per heavy atom. The van der Waals surface area contributed by atoms with Gasteiger partial charge >= 0.3 is 0 Å². The fourth-order valence-electron chi connectivity index (χ4n) is 3.84. The maximum absolute atomic E-state index is 12.8. The van der Waals surface area contributed by atoms with Crippen molar-refractivity contribution in [3.63, 3.8) is 0 Å². The molecule has 1 aromatic carbocycles. The number of carbonyl (C=O) groups excluding carboxylic acids is 3. The lowest BCUT2D eigenvalue weighted by molar-refractivity contribution is -0.136. The van der Waals surface area contributed by atoms with Gasteiger partial charge in [-0.3, -0.25) is 19.7 Å². The molecule has 25 heavy (non-hydrogen) atoms. The zero-order valence-corrected chi connectivity index (χ0v) is 14.0. The van der Waals surface area contributed by atoms with Gasteiger partial charge in [-0.25, -0.2) is 0 Å². The van der Waals surface area contributed by atoms with Gasteiger partial charge < -0.3 is 16.0 Å². The Balaban J connectivity index is 1.51. The van der Waals surface area contributed by atoms with E-state index in [4.69, 9.17) is 5.73 Å². The second-order valence-electron chi connectivity index (χ2n) is 7.07. The molecule has 3 aliphatic rings. The Morgan fingerprint density at radius 1 is 1.20 bits per heavy atom. The molecule has 0 spiro atoms. The molecule has 7 nitrogen and oxygen atoms in total. The predicted molar refractivity (Wildman–Crippen MR) is 90.3 cm³/mol. The van der Waals surface area contributed by atoms with E-state index < -0.39 is 6.04 Å². The van der Waals surface area contributed by atoms with Crippen LogP contribution in [-0.4, -0.2) is 40.7 Å². The molecule has 4 rings (SSSR count). The first-order chi connectivity index (χ1) is 12.0. The number of amides is 3. The smallest absolute Gasteiger partial charge is 0.255 e. The standard InChI is InChI=1S/C18H22N4O3/c19-13-4-5-14(13)20-8-10-2-1-3-11-12(10)9-22(18(11)25)15-6-7-16(23)21-17(15)24/h1-3,13-15,20H,4-9,19H2,(H,21,23,24). The van der Waals surface area contributed by atoms with E-state index in [0.29, 0.717) is 31.1 Å². The Morgan fingerprint density at radius 2 is 2.04 bits per heavy atom. The van der Waals surface area contributed by atoms with Crippen LogP contribution in [-0.2, 0) is 22.7 Å². The molecule has 132 valence electrons. The molecule has 2 aliphatic heterocycles. The maximum atomic E-state index is 12.8. The zero-order chi connectivity index (χ0) is 17.6. The van der Waals surface area contributed by atoms with Crippen LogP contribution in [0.25, 0.3) is 0 Å². The predicted octanol–water partition coefficient (Wildman–Crippen LogP) is 0.0269. The molecule has 0 aromatic heterocycles. The maximum Gasteiger partial charge on any atom is 0.255 e. The van der Waals surface area contributed by atoms with E-state index in [0.717, 1.165) is 24.0 Å².